The Morgan fingerprint density at radius 2 is 1.59 bits per heavy atom. The molecule has 0 N–H and O–H groups in total. The van der Waals surface area contributed by atoms with Crippen molar-refractivity contribution in [1.29, 1.82) is 0 Å². The van der Waals surface area contributed by atoms with Crippen molar-refractivity contribution in [2.45, 2.75) is 26.2 Å². The summed E-state index contributed by atoms with van der Waals surface area (Å²) in [4.78, 5) is 25.4. The molecule has 6 nitrogen and oxygen atoms in total. The number of hydrogen-bond donors (Lipinski definition) is 0. The highest BCUT2D eigenvalue weighted by molar-refractivity contribution is 6.14. The molecule has 0 unspecified atom stereocenters. The number of methoxy groups -OCH3 is 2. The molecule has 174 valence electrons. The number of hydrogen-bond acceptors (Lipinski definition) is 6. The lowest BCUT2D eigenvalue weighted by molar-refractivity contribution is 0.0734. The van der Waals surface area contributed by atoms with Crippen molar-refractivity contribution in [3.63, 3.8) is 0 Å². The highest BCUT2D eigenvalue weighted by Gasteiger charge is 2.28. The quantitative estimate of drug-likeness (QED) is 0.272. The number of carbonyl (C=O) groups is 2. The van der Waals surface area contributed by atoms with Crippen LogP contribution in [-0.2, 0) is 5.41 Å². The Bertz CT molecular complexity index is 1280. The molecule has 0 saturated carbocycles. The second kappa shape index (κ2) is 9.06. The lowest BCUT2D eigenvalue weighted by Gasteiger charge is -2.18. The second-order valence-electron chi connectivity index (χ2n) is 8.93. The van der Waals surface area contributed by atoms with Crippen LogP contribution in [-0.4, -0.2) is 26.0 Å². The third kappa shape index (κ3) is 4.66. The van der Waals surface area contributed by atoms with E-state index >= 15 is 0 Å². The van der Waals surface area contributed by atoms with Crippen molar-refractivity contribution >= 4 is 17.8 Å². The Morgan fingerprint density at radius 3 is 2.24 bits per heavy atom. The van der Waals surface area contributed by atoms with Gasteiger partial charge in [-0.1, -0.05) is 45.0 Å². The summed E-state index contributed by atoms with van der Waals surface area (Å²) in [6.45, 7) is 6.45. The van der Waals surface area contributed by atoms with E-state index < -0.39 is 5.97 Å². The van der Waals surface area contributed by atoms with E-state index in [0.717, 1.165) is 5.56 Å². The topological polar surface area (TPSA) is 71.1 Å². The van der Waals surface area contributed by atoms with Crippen LogP contribution in [0.25, 0.3) is 6.08 Å². The van der Waals surface area contributed by atoms with Crippen LogP contribution in [0.5, 0.6) is 23.0 Å². The maximum absolute atomic E-state index is 12.8. The lowest BCUT2D eigenvalue weighted by Crippen LogP contribution is -2.10. The molecule has 0 aromatic heterocycles. The maximum atomic E-state index is 12.8. The molecule has 3 aromatic rings. The standard InChI is InChI=1S/C28H26O6/c1-28(2,3)19-9-6-17(7-10-19)14-25-26(29)21-12-11-20(16-23(21)34-25)33-27(30)18-8-13-22(31-4)24(15-18)32-5/h6-16H,1-5H3. The van der Waals surface area contributed by atoms with Gasteiger partial charge in [0.05, 0.1) is 25.3 Å². The molecule has 6 heteroatoms. The fourth-order valence-electron chi connectivity index (χ4n) is 3.59. The number of fused-ring (bicyclic) bond motifs is 1. The van der Waals surface area contributed by atoms with Gasteiger partial charge >= 0.3 is 5.97 Å². The van der Waals surface area contributed by atoms with Crippen molar-refractivity contribution in [2.75, 3.05) is 14.2 Å². The summed E-state index contributed by atoms with van der Waals surface area (Å²) < 4.78 is 21.7. The van der Waals surface area contributed by atoms with E-state index in [1.54, 1.807) is 36.4 Å². The van der Waals surface area contributed by atoms with Crippen LogP contribution in [0.2, 0.25) is 0 Å². The predicted octanol–water partition coefficient (Wildman–Crippen LogP) is 5.84. The van der Waals surface area contributed by atoms with Gasteiger partial charge in [-0.25, -0.2) is 4.79 Å². The molecule has 0 fully saturated rings. The van der Waals surface area contributed by atoms with Gasteiger partial charge in [-0.15, -0.1) is 0 Å². The summed E-state index contributed by atoms with van der Waals surface area (Å²) in [5, 5.41) is 0. The Morgan fingerprint density at radius 1 is 0.882 bits per heavy atom. The van der Waals surface area contributed by atoms with E-state index in [9.17, 15) is 9.59 Å². The minimum atomic E-state index is -0.570. The first-order chi connectivity index (χ1) is 16.2. The van der Waals surface area contributed by atoms with Crippen molar-refractivity contribution in [2.24, 2.45) is 0 Å². The Kier molecular flexibility index (Phi) is 6.16. The molecule has 4 rings (SSSR count). The van der Waals surface area contributed by atoms with Gasteiger partial charge < -0.3 is 18.9 Å². The van der Waals surface area contributed by atoms with Crippen LogP contribution in [0.15, 0.2) is 66.4 Å². The minimum absolute atomic E-state index is 0.0480. The zero-order valence-electron chi connectivity index (χ0n) is 19.8. The van der Waals surface area contributed by atoms with Gasteiger partial charge in [0.25, 0.3) is 0 Å². The summed E-state index contributed by atoms with van der Waals surface area (Å²) in [7, 11) is 3.01. The third-order valence-electron chi connectivity index (χ3n) is 5.55. The van der Waals surface area contributed by atoms with Gasteiger partial charge in [0, 0.05) is 6.07 Å². The van der Waals surface area contributed by atoms with Gasteiger partial charge in [-0.05, 0) is 52.9 Å². The average molecular weight is 459 g/mol. The highest BCUT2D eigenvalue weighted by atomic mass is 16.5. The fraction of sp³-hybridized carbons (Fsp3) is 0.214. The number of ether oxygens (including phenoxy) is 4. The molecule has 0 atom stereocenters. The number of allylic oxidation sites excluding steroid dienone is 1. The smallest absolute Gasteiger partial charge is 0.343 e. The molecular formula is C28H26O6. The summed E-state index contributed by atoms with van der Waals surface area (Å²) in [5.74, 6) is 0.984. The van der Waals surface area contributed by atoms with E-state index in [1.165, 1.54) is 25.8 Å². The van der Waals surface area contributed by atoms with Crippen LogP contribution in [0.4, 0.5) is 0 Å². The molecule has 34 heavy (non-hydrogen) atoms. The minimum Gasteiger partial charge on any atom is -0.493 e. The van der Waals surface area contributed by atoms with Gasteiger partial charge in [0.15, 0.2) is 17.3 Å². The number of benzene rings is 3. The SMILES string of the molecule is COc1ccc(C(=O)Oc2ccc3c(c2)OC(=Cc2ccc(C(C)(C)C)cc2)C3=O)cc1OC. The Hall–Kier alpha value is -4.06. The molecule has 0 bridgehead atoms. The zero-order valence-corrected chi connectivity index (χ0v) is 19.8. The van der Waals surface area contributed by atoms with Crippen molar-refractivity contribution in [3.8, 4) is 23.0 Å². The number of esters is 1. The first-order valence-corrected chi connectivity index (χ1v) is 10.8. The van der Waals surface area contributed by atoms with Gasteiger partial charge in [0.2, 0.25) is 5.78 Å². The van der Waals surface area contributed by atoms with Crippen LogP contribution in [0, 0.1) is 0 Å². The molecule has 0 saturated heterocycles. The van der Waals surface area contributed by atoms with Crippen molar-refractivity contribution < 1.29 is 28.5 Å². The van der Waals surface area contributed by atoms with Gasteiger partial charge in [0.1, 0.15) is 11.5 Å². The van der Waals surface area contributed by atoms with E-state index in [-0.39, 0.29) is 22.7 Å². The van der Waals surface area contributed by atoms with Crippen LogP contribution >= 0.6 is 0 Å². The summed E-state index contributed by atoms with van der Waals surface area (Å²) >= 11 is 0. The summed E-state index contributed by atoms with van der Waals surface area (Å²) in [5.41, 5.74) is 2.84. The van der Waals surface area contributed by atoms with Gasteiger partial charge in [-0.2, -0.15) is 0 Å². The monoisotopic (exact) mass is 458 g/mol. The molecule has 1 aliphatic rings. The highest BCUT2D eigenvalue weighted by Crippen LogP contribution is 2.35. The third-order valence-corrected chi connectivity index (χ3v) is 5.55. The summed E-state index contributed by atoms with van der Waals surface area (Å²) in [6, 6.07) is 17.5. The molecule has 1 aliphatic heterocycles. The first-order valence-electron chi connectivity index (χ1n) is 10.8. The molecule has 3 aromatic carbocycles. The first kappa shape index (κ1) is 23.1. The molecule has 0 radical (unpaired) electrons. The van der Waals surface area contributed by atoms with Crippen LogP contribution in [0.1, 0.15) is 52.6 Å². The molecular weight excluding hydrogens is 432 g/mol. The van der Waals surface area contributed by atoms with Crippen LogP contribution in [0.3, 0.4) is 0 Å². The van der Waals surface area contributed by atoms with Gasteiger partial charge in [-0.3, -0.25) is 4.79 Å². The second-order valence-corrected chi connectivity index (χ2v) is 8.93. The largest absolute Gasteiger partial charge is 0.493 e. The fourth-order valence-corrected chi connectivity index (χ4v) is 3.59. The van der Waals surface area contributed by atoms with E-state index in [0.29, 0.717) is 28.4 Å². The van der Waals surface area contributed by atoms with E-state index in [4.69, 9.17) is 18.9 Å². The van der Waals surface area contributed by atoms with Crippen molar-refractivity contribution in [3.05, 3.63) is 88.7 Å². The summed E-state index contributed by atoms with van der Waals surface area (Å²) in [6.07, 6.45) is 1.71. The van der Waals surface area contributed by atoms with E-state index in [2.05, 4.69) is 20.8 Å². The molecule has 0 spiro atoms. The number of rotatable bonds is 5. The predicted molar refractivity (Wildman–Crippen MR) is 129 cm³/mol. The number of ketones is 1. The van der Waals surface area contributed by atoms with E-state index in [1.807, 2.05) is 24.3 Å². The average Bonchev–Trinajstić information content (AvgIpc) is 3.12. The zero-order chi connectivity index (χ0) is 24.5. The van der Waals surface area contributed by atoms with Crippen LogP contribution < -0.4 is 18.9 Å². The Balaban J connectivity index is 1.51. The molecule has 1 heterocycles. The normalized spacial score (nSPS) is 13.9. The lowest BCUT2D eigenvalue weighted by atomic mass is 9.86. The van der Waals surface area contributed by atoms with Crippen molar-refractivity contribution in [1.82, 2.24) is 0 Å². The molecule has 0 amide bonds. The number of Topliss-reactive ketones (excluding diaryl/α,β-unsaturated/α-hetero) is 1. The molecule has 0 aliphatic carbocycles. The maximum Gasteiger partial charge on any atom is 0.343 e. The Labute approximate surface area is 198 Å². The number of carbonyl (C=O) groups excluding carboxylic acids is 2.